The second kappa shape index (κ2) is 8.91. The lowest BCUT2D eigenvalue weighted by molar-refractivity contribution is 0.0759. The number of nitrogens with one attached hydrogen (secondary N) is 1. The first-order valence-electron chi connectivity index (χ1n) is 9.51. The fourth-order valence-electron chi connectivity index (χ4n) is 3.47. The maximum absolute atomic E-state index is 13.9. The molecule has 0 amide bonds. The van der Waals surface area contributed by atoms with E-state index in [0.29, 0.717) is 5.56 Å². The second-order valence-corrected chi connectivity index (χ2v) is 9.88. The molecule has 3 rings (SSSR count). The van der Waals surface area contributed by atoms with E-state index in [0.717, 1.165) is 5.56 Å². The van der Waals surface area contributed by atoms with Crippen LogP contribution in [0.3, 0.4) is 0 Å². The Morgan fingerprint density at radius 1 is 1.23 bits per heavy atom. The maximum Gasteiger partial charge on any atom is 0.299 e. The number of aliphatic imine (C=N–C) groups is 1. The molecule has 1 saturated heterocycles. The molecule has 1 fully saturated rings. The van der Waals surface area contributed by atoms with Gasteiger partial charge in [0.05, 0.1) is 11.1 Å². The van der Waals surface area contributed by atoms with Crippen molar-refractivity contribution in [1.82, 2.24) is 4.72 Å². The van der Waals surface area contributed by atoms with Crippen LogP contribution in [0.25, 0.3) is 0 Å². The highest BCUT2D eigenvalue weighted by Gasteiger charge is 2.47. The molecule has 0 bridgehead atoms. The molecule has 30 heavy (non-hydrogen) atoms. The summed E-state index contributed by atoms with van der Waals surface area (Å²) < 4.78 is 48.2. The molecule has 0 aromatic heterocycles. The summed E-state index contributed by atoms with van der Waals surface area (Å²) in [6.45, 7) is 3.12. The fraction of sp³-hybridized carbons (Fsp3) is 0.381. The number of benzene rings is 2. The molecule has 2 atom stereocenters. The minimum Gasteiger partial charge on any atom is -0.457 e. The molecule has 0 spiro atoms. The molecule has 9 heteroatoms. The molecule has 2 aromatic rings. The van der Waals surface area contributed by atoms with Crippen LogP contribution in [0.2, 0.25) is 5.02 Å². The first-order chi connectivity index (χ1) is 14.1. The van der Waals surface area contributed by atoms with E-state index in [1.165, 1.54) is 12.1 Å². The topological polar surface area (TPSA) is 88.0 Å². The first kappa shape index (κ1) is 22.5. The van der Waals surface area contributed by atoms with Gasteiger partial charge in [0.15, 0.2) is 0 Å². The number of sulfonamides is 1. The number of rotatable bonds is 6. The third-order valence-electron chi connectivity index (χ3n) is 5.02. The van der Waals surface area contributed by atoms with Crippen LogP contribution in [-0.4, -0.2) is 37.0 Å². The largest absolute Gasteiger partial charge is 0.457 e. The SMILES string of the molecule is CC1(C)OC(=NC(CCO)c2cccc(F)c2Cl)NS(=O)(=O)C1Cc1ccccc1. The predicted molar refractivity (Wildman–Crippen MR) is 114 cm³/mol. The van der Waals surface area contributed by atoms with Crippen molar-refractivity contribution in [2.24, 2.45) is 4.99 Å². The summed E-state index contributed by atoms with van der Waals surface area (Å²) in [7, 11) is -3.81. The zero-order chi connectivity index (χ0) is 21.9. The molecule has 6 nitrogen and oxygen atoms in total. The summed E-state index contributed by atoms with van der Waals surface area (Å²) in [5.41, 5.74) is 0.133. The van der Waals surface area contributed by atoms with Crippen LogP contribution in [0.5, 0.6) is 0 Å². The van der Waals surface area contributed by atoms with Crippen LogP contribution in [0, 0.1) is 5.82 Å². The van der Waals surface area contributed by atoms with Crippen LogP contribution in [0.15, 0.2) is 53.5 Å². The van der Waals surface area contributed by atoms with Gasteiger partial charge >= 0.3 is 0 Å². The first-order valence-corrected chi connectivity index (χ1v) is 11.4. The Labute approximate surface area is 180 Å². The summed E-state index contributed by atoms with van der Waals surface area (Å²) >= 11 is 6.06. The molecule has 0 radical (unpaired) electrons. The number of hydrogen-bond donors (Lipinski definition) is 2. The van der Waals surface area contributed by atoms with Gasteiger partial charge in [-0.25, -0.2) is 22.5 Å². The van der Waals surface area contributed by atoms with Crippen molar-refractivity contribution in [3.63, 3.8) is 0 Å². The Morgan fingerprint density at radius 3 is 2.57 bits per heavy atom. The van der Waals surface area contributed by atoms with Gasteiger partial charge in [-0.05, 0) is 43.9 Å². The summed E-state index contributed by atoms with van der Waals surface area (Å²) in [6, 6.07) is 12.6. The molecular weight excluding hydrogens is 431 g/mol. The average molecular weight is 455 g/mol. The zero-order valence-electron chi connectivity index (χ0n) is 16.7. The van der Waals surface area contributed by atoms with Crippen molar-refractivity contribution < 1.29 is 22.7 Å². The Bertz CT molecular complexity index is 1030. The predicted octanol–water partition coefficient (Wildman–Crippen LogP) is 3.60. The normalized spacial score (nSPS) is 22.2. The molecule has 2 unspecified atom stereocenters. The van der Waals surface area contributed by atoms with E-state index < -0.39 is 32.7 Å². The minimum absolute atomic E-state index is 0.117. The molecule has 1 aliphatic rings. The number of ether oxygens (including phenoxy) is 1. The summed E-state index contributed by atoms with van der Waals surface area (Å²) in [4.78, 5) is 4.32. The fourth-order valence-corrected chi connectivity index (χ4v) is 5.41. The van der Waals surface area contributed by atoms with Gasteiger partial charge < -0.3 is 9.84 Å². The number of amidine groups is 1. The molecule has 2 aromatic carbocycles. The highest BCUT2D eigenvalue weighted by Crippen LogP contribution is 2.33. The maximum atomic E-state index is 13.9. The quantitative estimate of drug-likeness (QED) is 0.698. The molecule has 1 heterocycles. The van der Waals surface area contributed by atoms with E-state index in [1.54, 1.807) is 19.9 Å². The van der Waals surface area contributed by atoms with Gasteiger partial charge in [-0.2, -0.15) is 0 Å². The van der Waals surface area contributed by atoms with E-state index in [1.807, 2.05) is 30.3 Å². The van der Waals surface area contributed by atoms with Crippen LogP contribution < -0.4 is 4.72 Å². The van der Waals surface area contributed by atoms with Gasteiger partial charge in [0, 0.05) is 6.61 Å². The van der Waals surface area contributed by atoms with Crippen molar-refractivity contribution in [2.45, 2.75) is 43.6 Å². The van der Waals surface area contributed by atoms with Gasteiger partial charge in [-0.3, -0.25) is 0 Å². The Balaban J connectivity index is 1.92. The number of halogens is 2. The monoisotopic (exact) mass is 454 g/mol. The summed E-state index contributed by atoms with van der Waals surface area (Å²) in [5, 5.41) is 8.44. The zero-order valence-corrected chi connectivity index (χ0v) is 18.3. The van der Waals surface area contributed by atoms with E-state index in [4.69, 9.17) is 16.3 Å². The number of aliphatic hydroxyl groups excluding tert-OH is 1. The highest BCUT2D eigenvalue weighted by atomic mass is 35.5. The second-order valence-electron chi connectivity index (χ2n) is 7.64. The van der Waals surface area contributed by atoms with E-state index in [9.17, 15) is 17.9 Å². The van der Waals surface area contributed by atoms with Gasteiger partial charge in [0.1, 0.15) is 16.7 Å². The molecule has 162 valence electrons. The van der Waals surface area contributed by atoms with Crippen molar-refractivity contribution in [2.75, 3.05) is 6.61 Å². The minimum atomic E-state index is -3.81. The summed E-state index contributed by atoms with van der Waals surface area (Å²) in [6.07, 6.45) is 0.387. The van der Waals surface area contributed by atoms with Crippen molar-refractivity contribution in [3.05, 3.63) is 70.5 Å². The summed E-state index contributed by atoms with van der Waals surface area (Å²) in [5.74, 6) is -0.620. The average Bonchev–Trinajstić information content (AvgIpc) is 2.67. The molecular formula is C21H24ClFN2O4S. The van der Waals surface area contributed by atoms with Crippen molar-refractivity contribution >= 4 is 27.6 Å². The van der Waals surface area contributed by atoms with Crippen molar-refractivity contribution in [3.8, 4) is 0 Å². The third-order valence-corrected chi connectivity index (χ3v) is 7.36. The Hall–Kier alpha value is -2.16. The lowest BCUT2D eigenvalue weighted by Gasteiger charge is -2.39. The Morgan fingerprint density at radius 2 is 1.93 bits per heavy atom. The van der Waals surface area contributed by atoms with Crippen LogP contribution in [0.4, 0.5) is 4.39 Å². The van der Waals surface area contributed by atoms with Crippen molar-refractivity contribution in [1.29, 1.82) is 0 Å². The molecule has 0 saturated carbocycles. The molecule has 0 aliphatic carbocycles. The van der Waals surface area contributed by atoms with Gasteiger partial charge in [0.2, 0.25) is 10.0 Å². The highest BCUT2D eigenvalue weighted by molar-refractivity contribution is 7.90. The van der Waals surface area contributed by atoms with E-state index >= 15 is 0 Å². The number of nitrogens with zero attached hydrogens (tertiary/aromatic N) is 1. The smallest absolute Gasteiger partial charge is 0.299 e. The van der Waals surface area contributed by atoms with Crippen LogP contribution in [0.1, 0.15) is 37.4 Å². The third kappa shape index (κ3) is 4.94. The molecule has 1 aliphatic heterocycles. The van der Waals surface area contributed by atoms with Crippen LogP contribution >= 0.6 is 11.6 Å². The molecule has 2 N–H and O–H groups in total. The lowest BCUT2D eigenvalue weighted by Crippen LogP contribution is -2.59. The van der Waals surface area contributed by atoms with Gasteiger partial charge in [-0.15, -0.1) is 0 Å². The van der Waals surface area contributed by atoms with E-state index in [2.05, 4.69) is 9.71 Å². The number of aliphatic hydroxyl groups is 1. The van der Waals surface area contributed by atoms with Gasteiger partial charge in [0.25, 0.3) is 6.02 Å². The lowest BCUT2D eigenvalue weighted by atomic mass is 9.97. The van der Waals surface area contributed by atoms with Gasteiger partial charge in [-0.1, -0.05) is 54.1 Å². The Kier molecular flexibility index (Phi) is 6.69. The number of hydrogen-bond acceptors (Lipinski definition) is 5. The van der Waals surface area contributed by atoms with E-state index in [-0.39, 0.29) is 30.5 Å². The standard InChI is InChI=1S/C21H24ClFN2O4S/c1-21(2)18(13-14-7-4-3-5-8-14)30(27,28)25-20(29-21)24-17(11-12-26)15-9-6-10-16(23)19(15)22/h3-10,17-18,26H,11-13H2,1-2H3,(H,24,25). The van der Waals surface area contributed by atoms with Crippen LogP contribution in [-0.2, 0) is 21.2 Å².